The van der Waals surface area contributed by atoms with Gasteiger partial charge in [-0.15, -0.1) is 0 Å². The zero-order valence-electron chi connectivity index (χ0n) is 13.5. The van der Waals surface area contributed by atoms with Crippen LogP contribution in [0.5, 0.6) is 0 Å². The van der Waals surface area contributed by atoms with E-state index in [2.05, 4.69) is 5.32 Å². The van der Waals surface area contributed by atoms with E-state index in [1.165, 1.54) is 12.3 Å². The molecule has 24 heavy (non-hydrogen) atoms. The highest BCUT2D eigenvalue weighted by Gasteiger charge is 2.20. The van der Waals surface area contributed by atoms with Gasteiger partial charge < -0.3 is 19.9 Å². The highest BCUT2D eigenvalue weighted by atomic mass is 19.1. The summed E-state index contributed by atoms with van der Waals surface area (Å²) in [6, 6.07) is 2.84. The van der Waals surface area contributed by atoms with Gasteiger partial charge in [-0.05, 0) is 18.6 Å². The summed E-state index contributed by atoms with van der Waals surface area (Å²) in [5, 5.41) is 12.6. The average Bonchev–Trinajstić information content (AvgIpc) is 2.57. The molecule has 1 fully saturated rings. The number of aromatic carboxylic acids is 1. The summed E-state index contributed by atoms with van der Waals surface area (Å²) in [6.45, 7) is 5.45. The minimum absolute atomic E-state index is 0.111. The number of halogens is 1. The summed E-state index contributed by atoms with van der Waals surface area (Å²) in [7, 11) is 0. The first-order valence-electron chi connectivity index (χ1n) is 8.08. The molecule has 2 N–H and O–H groups in total. The largest absolute Gasteiger partial charge is 0.477 e. The summed E-state index contributed by atoms with van der Waals surface area (Å²) in [5.74, 6) is -1.79. The van der Waals surface area contributed by atoms with E-state index in [0.717, 1.165) is 19.5 Å². The molecule has 6 nitrogen and oxygen atoms in total. The number of benzene rings is 1. The Morgan fingerprint density at radius 1 is 1.33 bits per heavy atom. The molecule has 1 aliphatic heterocycles. The van der Waals surface area contributed by atoms with Gasteiger partial charge in [0.1, 0.15) is 11.4 Å². The number of pyridine rings is 1. The Kier molecular flexibility index (Phi) is 4.53. The SMILES string of the molecule is CCCn1cc(C(=O)O)c(=O)c2cc(F)c(N3CCNCC3)cc21. The highest BCUT2D eigenvalue weighted by Crippen LogP contribution is 2.25. The molecule has 0 bridgehead atoms. The van der Waals surface area contributed by atoms with Crippen LogP contribution >= 0.6 is 0 Å². The van der Waals surface area contributed by atoms with E-state index >= 15 is 0 Å². The first-order valence-corrected chi connectivity index (χ1v) is 8.08. The lowest BCUT2D eigenvalue weighted by atomic mass is 10.1. The highest BCUT2D eigenvalue weighted by molar-refractivity contribution is 5.93. The molecular weight excluding hydrogens is 313 g/mol. The van der Waals surface area contributed by atoms with Gasteiger partial charge in [0.2, 0.25) is 5.43 Å². The Bertz CT molecular complexity index is 841. The predicted octanol–water partition coefficient (Wildman–Crippen LogP) is 1.66. The molecule has 1 aromatic carbocycles. The number of fused-ring (bicyclic) bond motifs is 1. The number of aryl methyl sites for hydroxylation is 1. The maximum Gasteiger partial charge on any atom is 0.341 e. The van der Waals surface area contributed by atoms with Crippen LogP contribution in [0.4, 0.5) is 10.1 Å². The van der Waals surface area contributed by atoms with Gasteiger partial charge in [0, 0.05) is 44.3 Å². The minimum Gasteiger partial charge on any atom is -0.477 e. The lowest BCUT2D eigenvalue weighted by Crippen LogP contribution is -2.43. The molecule has 0 radical (unpaired) electrons. The Hall–Kier alpha value is -2.41. The molecule has 1 aromatic heterocycles. The number of carbonyl (C=O) groups is 1. The van der Waals surface area contributed by atoms with Gasteiger partial charge in [0.05, 0.1) is 11.2 Å². The molecule has 2 aromatic rings. The third-order valence-electron chi connectivity index (χ3n) is 4.30. The average molecular weight is 333 g/mol. The maximum atomic E-state index is 14.6. The topological polar surface area (TPSA) is 74.6 Å². The molecule has 0 saturated carbocycles. The molecule has 1 aliphatic rings. The molecule has 3 rings (SSSR count). The normalized spacial score (nSPS) is 15.0. The molecule has 0 aliphatic carbocycles. The van der Waals surface area contributed by atoms with Crippen molar-refractivity contribution in [2.45, 2.75) is 19.9 Å². The molecule has 0 atom stereocenters. The van der Waals surface area contributed by atoms with Crippen LogP contribution in [0.1, 0.15) is 23.7 Å². The van der Waals surface area contributed by atoms with Crippen molar-refractivity contribution in [3.63, 3.8) is 0 Å². The number of nitrogens with zero attached hydrogens (tertiary/aromatic N) is 2. The van der Waals surface area contributed by atoms with Gasteiger partial charge >= 0.3 is 5.97 Å². The number of nitrogens with one attached hydrogen (secondary N) is 1. The fourth-order valence-electron chi connectivity index (χ4n) is 3.13. The second kappa shape index (κ2) is 6.60. The van der Waals surface area contributed by atoms with Gasteiger partial charge in [0.15, 0.2) is 0 Å². The molecular formula is C17H20FN3O3. The van der Waals surface area contributed by atoms with Crippen LogP contribution in [0.25, 0.3) is 10.9 Å². The Balaban J connectivity index is 2.24. The number of rotatable bonds is 4. The summed E-state index contributed by atoms with van der Waals surface area (Å²) in [6.07, 6.45) is 2.13. The van der Waals surface area contributed by atoms with E-state index < -0.39 is 17.2 Å². The summed E-state index contributed by atoms with van der Waals surface area (Å²) in [4.78, 5) is 25.6. The van der Waals surface area contributed by atoms with Gasteiger partial charge in [0.25, 0.3) is 0 Å². The van der Waals surface area contributed by atoms with Crippen LogP contribution in [0, 0.1) is 5.82 Å². The van der Waals surface area contributed by atoms with Crippen LogP contribution in [-0.2, 0) is 6.54 Å². The minimum atomic E-state index is -1.29. The van der Waals surface area contributed by atoms with E-state index in [-0.39, 0.29) is 10.9 Å². The zero-order chi connectivity index (χ0) is 17.3. The molecule has 1 saturated heterocycles. The summed E-state index contributed by atoms with van der Waals surface area (Å²) < 4.78 is 16.3. The molecule has 0 spiro atoms. The van der Waals surface area contributed by atoms with Crippen LogP contribution in [-0.4, -0.2) is 41.8 Å². The van der Waals surface area contributed by atoms with E-state index in [1.807, 2.05) is 11.8 Å². The van der Waals surface area contributed by atoms with E-state index in [9.17, 15) is 19.1 Å². The maximum absolute atomic E-state index is 14.6. The van der Waals surface area contributed by atoms with Gasteiger partial charge in [-0.25, -0.2) is 9.18 Å². The van der Waals surface area contributed by atoms with Crippen LogP contribution < -0.4 is 15.6 Å². The van der Waals surface area contributed by atoms with Crippen molar-refractivity contribution in [2.75, 3.05) is 31.1 Å². The van der Waals surface area contributed by atoms with Crippen molar-refractivity contribution in [3.8, 4) is 0 Å². The van der Waals surface area contributed by atoms with Crippen molar-refractivity contribution in [1.82, 2.24) is 9.88 Å². The van der Waals surface area contributed by atoms with Crippen LogP contribution in [0.3, 0.4) is 0 Å². The second-order valence-electron chi connectivity index (χ2n) is 5.93. The third-order valence-corrected chi connectivity index (χ3v) is 4.30. The number of hydrogen-bond donors (Lipinski definition) is 2. The van der Waals surface area contributed by atoms with Gasteiger partial charge in [-0.3, -0.25) is 4.79 Å². The monoisotopic (exact) mass is 333 g/mol. The quantitative estimate of drug-likeness (QED) is 0.890. The van der Waals surface area contributed by atoms with Crippen LogP contribution in [0.2, 0.25) is 0 Å². The number of hydrogen-bond acceptors (Lipinski definition) is 4. The first kappa shape index (κ1) is 16.4. The number of anilines is 1. The van der Waals surface area contributed by atoms with E-state index in [0.29, 0.717) is 30.8 Å². The van der Waals surface area contributed by atoms with Crippen molar-refractivity contribution >= 4 is 22.6 Å². The predicted molar refractivity (Wildman–Crippen MR) is 90.5 cm³/mol. The Morgan fingerprint density at radius 3 is 2.67 bits per heavy atom. The van der Waals surface area contributed by atoms with Crippen molar-refractivity contribution in [1.29, 1.82) is 0 Å². The van der Waals surface area contributed by atoms with Crippen molar-refractivity contribution < 1.29 is 14.3 Å². The molecule has 2 heterocycles. The first-order chi connectivity index (χ1) is 11.5. The number of carboxylic acids is 1. The standard InChI is InChI=1S/C17H20FN3O3/c1-2-5-21-10-12(17(23)24)16(22)11-8-13(18)15(9-14(11)21)20-6-3-19-4-7-20/h8-10,19H,2-7H2,1H3,(H,23,24). The Labute approximate surface area is 138 Å². The molecule has 128 valence electrons. The fraction of sp³-hybridized carbons (Fsp3) is 0.412. The molecule has 0 amide bonds. The number of aromatic nitrogens is 1. The van der Waals surface area contributed by atoms with E-state index in [4.69, 9.17) is 0 Å². The lowest BCUT2D eigenvalue weighted by molar-refractivity contribution is 0.0695. The summed E-state index contributed by atoms with van der Waals surface area (Å²) >= 11 is 0. The third kappa shape index (κ3) is 2.87. The fourth-order valence-corrected chi connectivity index (χ4v) is 3.13. The second-order valence-corrected chi connectivity index (χ2v) is 5.93. The molecule has 7 heteroatoms. The van der Waals surface area contributed by atoms with E-state index in [1.54, 1.807) is 10.6 Å². The van der Waals surface area contributed by atoms with Gasteiger partial charge in [-0.2, -0.15) is 0 Å². The summed E-state index contributed by atoms with van der Waals surface area (Å²) in [5.41, 5.74) is 0.0546. The Morgan fingerprint density at radius 2 is 2.04 bits per heavy atom. The van der Waals surface area contributed by atoms with Gasteiger partial charge in [-0.1, -0.05) is 6.92 Å². The number of piperazine rings is 1. The van der Waals surface area contributed by atoms with Crippen LogP contribution in [0.15, 0.2) is 23.1 Å². The van der Waals surface area contributed by atoms with Crippen molar-refractivity contribution in [2.24, 2.45) is 0 Å². The number of carboxylic acid groups (broad SMARTS) is 1. The molecule has 0 unspecified atom stereocenters. The van der Waals surface area contributed by atoms with Crippen molar-refractivity contribution in [3.05, 3.63) is 39.9 Å². The zero-order valence-corrected chi connectivity index (χ0v) is 13.5. The smallest absolute Gasteiger partial charge is 0.341 e. The lowest BCUT2D eigenvalue weighted by Gasteiger charge is -2.30.